The Balaban J connectivity index is 2.25. The highest BCUT2D eigenvalue weighted by Crippen LogP contribution is 2.13. The normalized spacial score (nSPS) is 15.5. The molecule has 1 aromatic heterocycles. The number of carbonyl (C=O) groups excluding carboxylic acids is 2. The van der Waals surface area contributed by atoms with E-state index in [1.54, 1.807) is 17.0 Å². The minimum atomic E-state index is -0.171. The molecule has 0 radical (unpaired) electrons. The minimum absolute atomic E-state index is 0.0913. The van der Waals surface area contributed by atoms with Crippen LogP contribution in [0.1, 0.15) is 29.4 Å². The molecule has 1 aliphatic heterocycles. The molecule has 0 aromatic carbocycles. The number of hydrazine groups is 1. The second kappa shape index (κ2) is 6.33. The number of nitrogens with zero attached hydrogens (tertiary/aromatic N) is 2. The molecule has 0 spiro atoms. The molecular weight excluding hydrogens is 258 g/mol. The van der Waals surface area contributed by atoms with Crippen LogP contribution in [0.15, 0.2) is 12.1 Å². The van der Waals surface area contributed by atoms with E-state index in [0.29, 0.717) is 30.9 Å². The fourth-order valence-electron chi connectivity index (χ4n) is 2.13. The number of aromatic nitrogens is 1. The molecule has 1 fully saturated rings. The van der Waals surface area contributed by atoms with Crippen LogP contribution in [-0.4, -0.2) is 41.3 Å². The maximum Gasteiger partial charge on any atom is 0.254 e. The first-order valence-electron chi connectivity index (χ1n) is 6.67. The quantitative estimate of drug-likeness (QED) is 0.529. The van der Waals surface area contributed by atoms with Gasteiger partial charge < -0.3 is 15.6 Å². The second-order valence-corrected chi connectivity index (χ2v) is 4.66. The highest BCUT2D eigenvalue weighted by Gasteiger charge is 2.21. The third-order valence-electron chi connectivity index (χ3n) is 3.18. The Morgan fingerprint density at radius 2 is 2.35 bits per heavy atom. The zero-order chi connectivity index (χ0) is 14.5. The predicted octanol–water partition coefficient (Wildman–Crippen LogP) is -0.108. The van der Waals surface area contributed by atoms with Crippen molar-refractivity contribution in [2.24, 2.45) is 5.84 Å². The van der Waals surface area contributed by atoms with Crippen molar-refractivity contribution in [3.8, 4) is 0 Å². The number of hydrogen-bond acceptors (Lipinski definition) is 5. The topological polar surface area (TPSA) is 100 Å². The zero-order valence-corrected chi connectivity index (χ0v) is 11.5. The summed E-state index contributed by atoms with van der Waals surface area (Å²) in [6.45, 7) is 3.21. The highest BCUT2D eigenvalue weighted by atomic mass is 16.2. The number of carbonyl (C=O) groups is 2. The molecule has 20 heavy (non-hydrogen) atoms. The average Bonchev–Trinajstić information content (AvgIpc) is 2.70. The van der Waals surface area contributed by atoms with Crippen LogP contribution in [0.2, 0.25) is 0 Å². The maximum atomic E-state index is 12.5. The molecule has 108 valence electrons. The van der Waals surface area contributed by atoms with Gasteiger partial charge in [0, 0.05) is 24.3 Å². The van der Waals surface area contributed by atoms with Crippen LogP contribution in [0, 0.1) is 0 Å². The van der Waals surface area contributed by atoms with Gasteiger partial charge in [-0.1, -0.05) is 6.92 Å². The molecule has 7 heteroatoms. The number of pyridine rings is 1. The number of anilines is 1. The lowest BCUT2D eigenvalue weighted by atomic mass is 10.1. The van der Waals surface area contributed by atoms with E-state index in [2.05, 4.69) is 15.7 Å². The Kier molecular flexibility index (Phi) is 4.52. The molecule has 2 rings (SSSR count). The molecule has 1 saturated heterocycles. The average molecular weight is 277 g/mol. The van der Waals surface area contributed by atoms with E-state index in [0.717, 1.165) is 12.1 Å². The maximum absolute atomic E-state index is 12.5. The van der Waals surface area contributed by atoms with Crippen LogP contribution >= 0.6 is 0 Å². The summed E-state index contributed by atoms with van der Waals surface area (Å²) in [7, 11) is 0. The van der Waals surface area contributed by atoms with Gasteiger partial charge in [0.2, 0.25) is 5.91 Å². The van der Waals surface area contributed by atoms with Crippen molar-refractivity contribution in [2.45, 2.75) is 19.8 Å². The summed E-state index contributed by atoms with van der Waals surface area (Å²) >= 11 is 0. The van der Waals surface area contributed by atoms with Crippen molar-refractivity contribution in [2.75, 3.05) is 25.1 Å². The number of nitrogen functional groups attached to an aromatic ring is 1. The largest absolute Gasteiger partial charge is 0.354 e. The van der Waals surface area contributed by atoms with E-state index in [1.165, 1.54) is 0 Å². The molecule has 0 saturated carbocycles. The van der Waals surface area contributed by atoms with Crippen LogP contribution in [0.5, 0.6) is 0 Å². The lowest BCUT2D eigenvalue weighted by Crippen LogP contribution is -2.37. The molecule has 0 bridgehead atoms. The Labute approximate surface area is 117 Å². The molecule has 2 heterocycles. The van der Waals surface area contributed by atoms with Gasteiger partial charge in [0.25, 0.3) is 5.91 Å². The lowest BCUT2D eigenvalue weighted by Gasteiger charge is -2.19. The van der Waals surface area contributed by atoms with Gasteiger partial charge in [-0.05, 0) is 25.0 Å². The molecule has 7 nitrogen and oxygen atoms in total. The summed E-state index contributed by atoms with van der Waals surface area (Å²) in [5.74, 6) is 5.52. The summed E-state index contributed by atoms with van der Waals surface area (Å²) < 4.78 is 0. The first-order valence-corrected chi connectivity index (χ1v) is 6.67. The summed E-state index contributed by atoms with van der Waals surface area (Å²) in [5.41, 5.74) is 3.74. The van der Waals surface area contributed by atoms with Crippen molar-refractivity contribution in [3.05, 3.63) is 23.4 Å². The summed E-state index contributed by atoms with van der Waals surface area (Å²) in [5, 5.41) is 2.75. The lowest BCUT2D eigenvalue weighted by molar-refractivity contribution is -0.121. The van der Waals surface area contributed by atoms with Crippen LogP contribution in [0.3, 0.4) is 0 Å². The Bertz CT molecular complexity index is 495. The van der Waals surface area contributed by atoms with Gasteiger partial charge >= 0.3 is 0 Å². The number of amides is 2. The molecule has 0 unspecified atom stereocenters. The van der Waals surface area contributed by atoms with Crippen LogP contribution in [-0.2, 0) is 11.2 Å². The third-order valence-corrected chi connectivity index (χ3v) is 3.18. The Morgan fingerprint density at radius 1 is 1.55 bits per heavy atom. The van der Waals surface area contributed by atoms with Gasteiger partial charge in [0.1, 0.15) is 5.82 Å². The van der Waals surface area contributed by atoms with Gasteiger partial charge in [-0.2, -0.15) is 0 Å². The van der Waals surface area contributed by atoms with Gasteiger partial charge in [-0.15, -0.1) is 0 Å². The molecule has 1 aliphatic rings. The van der Waals surface area contributed by atoms with E-state index in [9.17, 15) is 9.59 Å². The van der Waals surface area contributed by atoms with Crippen molar-refractivity contribution in [1.29, 1.82) is 0 Å². The van der Waals surface area contributed by atoms with Gasteiger partial charge in [-0.3, -0.25) is 9.59 Å². The number of aryl methyl sites for hydroxylation is 1. The Morgan fingerprint density at radius 3 is 3.05 bits per heavy atom. The standard InChI is InChI=1S/C13H19N5O2/c1-2-10-6-9(7-11(16-10)17-14)13(20)18-5-3-4-15-12(19)8-18/h6-7H,2-5,8,14H2,1H3,(H,15,19)(H,16,17). The van der Waals surface area contributed by atoms with E-state index in [-0.39, 0.29) is 18.4 Å². The first kappa shape index (κ1) is 14.3. The number of nitrogens with two attached hydrogens (primary N) is 1. The monoisotopic (exact) mass is 277 g/mol. The van der Waals surface area contributed by atoms with Gasteiger partial charge in [0.15, 0.2) is 0 Å². The predicted molar refractivity (Wildman–Crippen MR) is 75.0 cm³/mol. The fourth-order valence-corrected chi connectivity index (χ4v) is 2.13. The first-order chi connectivity index (χ1) is 9.63. The molecule has 4 N–H and O–H groups in total. The molecule has 0 atom stereocenters. The molecular formula is C13H19N5O2. The Hall–Kier alpha value is -2.15. The van der Waals surface area contributed by atoms with Crippen molar-refractivity contribution in [3.63, 3.8) is 0 Å². The second-order valence-electron chi connectivity index (χ2n) is 4.66. The van der Waals surface area contributed by atoms with E-state index in [4.69, 9.17) is 5.84 Å². The van der Waals surface area contributed by atoms with Gasteiger partial charge in [0.05, 0.1) is 6.54 Å². The van der Waals surface area contributed by atoms with Gasteiger partial charge in [-0.25, -0.2) is 10.8 Å². The van der Waals surface area contributed by atoms with E-state index >= 15 is 0 Å². The SMILES string of the molecule is CCc1cc(C(=O)N2CCCNC(=O)C2)cc(NN)n1. The van der Waals surface area contributed by atoms with Crippen LogP contribution in [0.25, 0.3) is 0 Å². The van der Waals surface area contributed by atoms with E-state index < -0.39 is 0 Å². The summed E-state index contributed by atoms with van der Waals surface area (Å²) in [4.78, 5) is 29.8. The molecule has 2 amide bonds. The van der Waals surface area contributed by atoms with Crippen molar-refractivity contribution < 1.29 is 9.59 Å². The number of rotatable bonds is 3. The number of nitrogens with one attached hydrogen (secondary N) is 2. The highest BCUT2D eigenvalue weighted by molar-refractivity contribution is 5.97. The van der Waals surface area contributed by atoms with Crippen molar-refractivity contribution >= 4 is 17.6 Å². The molecule has 0 aliphatic carbocycles. The van der Waals surface area contributed by atoms with Crippen LogP contribution in [0.4, 0.5) is 5.82 Å². The summed E-state index contributed by atoms with van der Waals surface area (Å²) in [6, 6.07) is 3.34. The smallest absolute Gasteiger partial charge is 0.254 e. The summed E-state index contributed by atoms with van der Waals surface area (Å²) in [6.07, 6.45) is 1.46. The number of hydrogen-bond donors (Lipinski definition) is 3. The zero-order valence-electron chi connectivity index (χ0n) is 11.5. The molecule has 1 aromatic rings. The third kappa shape index (κ3) is 3.24. The minimum Gasteiger partial charge on any atom is -0.354 e. The van der Waals surface area contributed by atoms with Crippen molar-refractivity contribution in [1.82, 2.24) is 15.2 Å². The van der Waals surface area contributed by atoms with E-state index in [1.807, 2.05) is 6.92 Å². The fraction of sp³-hybridized carbons (Fsp3) is 0.462. The van der Waals surface area contributed by atoms with Crippen LogP contribution < -0.4 is 16.6 Å².